The maximum atomic E-state index is 13.3. The van der Waals surface area contributed by atoms with Crippen molar-refractivity contribution in [3.8, 4) is 5.19 Å². The van der Waals surface area contributed by atoms with Crippen molar-refractivity contribution in [2.75, 3.05) is 13.1 Å². The highest BCUT2D eigenvalue weighted by atomic mass is 35.5. The first-order chi connectivity index (χ1) is 13.3. The van der Waals surface area contributed by atoms with Gasteiger partial charge < -0.3 is 4.74 Å². The summed E-state index contributed by atoms with van der Waals surface area (Å²) in [5.41, 5.74) is 1.36. The van der Waals surface area contributed by atoms with Crippen LogP contribution < -0.4 is 4.74 Å². The molecule has 0 atom stereocenters. The molecule has 9 heteroatoms. The third kappa shape index (κ3) is 3.87. The molecule has 0 saturated carbocycles. The molecule has 1 aromatic heterocycles. The molecule has 1 fully saturated rings. The molecule has 0 bridgehead atoms. The molecule has 4 rings (SSSR count). The van der Waals surface area contributed by atoms with Gasteiger partial charge in [0.2, 0.25) is 10.0 Å². The SMILES string of the molecule is Cc1ccc(Cl)cc1S(=O)(=O)N1CCC(Oc2nc3ccc(F)cc3s2)CC1. The predicted octanol–water partition coefficient (Wildman–Crippen LogP) is 4.63. The largest absolute Gasteiger partial charge is 0.467 e. The molecule has 2 heterocycles. The summed E-state index contributed by atoms with van der Waals surface area (Å²) in [6.07, 6.45) is 0.990. The Labute approximate surface area is 171 Å². The number of halogens is 2. The van der Waals surface area contributed by atoms with Gasteiger partial charge in [-0.3, -0.25) is 0 Å². The van der Waals surface area contributed by atoms with Gasteiger partial charge in [0.15, 0.2) is 0 Å². The molecule has 5 nitrogen and oxygen atoms in total. The number of fused-ring (bicyclic) bond motifs is 1. The van der Waals surface area contributed by atoms with Crippen LogP contribution >= 0.6 is 22.9 Å². The van der Waals surface area contributed by atoms with Crippen molar-refractivity contribution in [2.24, 2.45) is 0 Å². The van der Waals surface area contributed by atoms with Crippen LogP contribution in [0.2, 0.25) is 5.02 Å². The second-order valence-electron chi connectivity index (χ2n) is 6.72. The fourth-order valence-corrected chi connectivity index (χ4v) is 6.11. The second-order valence-corrected chi connectivity index (χ2v) is 10.1. The summed E-state index contributed by atoms with van der Waals surface area (Å²) in [5, 5.41) is 0.877. The third-order valence-corrected chi connectivity index (χ3v) is 7.95. The van der Waals surface area contributed by atoms with E-state index in [4.69, 9.17) is 16.3 Å². The Morgan fingerprint density at radius 3 is 2.71 bits per heavy atom. The summed E-state index contributed by atoms with van der Waals surface area (Å²) in [6.45, 7) is 2.48. The van der Waals surface area contributed by atoms with Crippen LogP contribution in [0.15, 0.2) is 41.3 Å². The lowest BCUT2D eigenvalue weighted by molar-refractivity contribution is 0.135. The molecule has 0 unspecified atom stereocenters. The van der Waals surface area contributed by atoms with Crippen LogP contribution in [0.3, 0.4) is 0 Å². The molecule has 1 saturated heterocycles. The molecule has 28 heavy (non-hydrogen) atoms. The lowest BCUT2D eigenvalue weighted by atomic mass is 10.1. The van der Waals surface area contributed by atoms with Gasteiger partial charge in [0.25, 0.3) is 5.19 Å². The molecule has 1 aliphatic heterocycles. The minimum Gasteiger partial charge on any atom is -0.467 e. The smallest absolute Gasteiger partial charge is 0.274 e. The van der Waals surface area contributed by atoms with Crippen molar-refractivity contribution in [3.05, 3.63) is 52.8 Å². The molecule has 1 aliphatic rings. The van der Waals surface area contributed by atoms with Crippen LogP contribution in [-0.4, -0.2) is 36.9 Å². The third-order valence-electron chi connectivity index (χ3n) is 4.77. The lowest BCUT2D eigenvalue weighted by Gasteiger charge is -2.31. The Kier molecular flexibility index (Phi) is 5.30. The van der Waals surface area contributed by atoms with Crippen LogP contribution in [0.5, 0.6) is 5.19 Å². The van der Waals surface area contributed by atoms with Gasteiger partial charge in [0.1, 0.15) is 11.9 Å². The number of thiazole rings is 1. The average Bonchev–Trinajstić information content (AvgIpc) is 3.05. The summed E-state index contributed by atoms with van der Waals surface area (Å²) in [7, 11) is -3.60. The van der Waals surface area contributed by atoms with Crippen molar-refractivity contribution in [1.29, 1.82) is 0 Å². The Hall–Kier alpha value is -1.74. The number of ether oxygens (including phenoxy) is 1. The number of aryl methyl sites for hydroxylation is 1. The van der Waals surface area contributed by atoms with E-state index < -0.39 is 10.0 Å². The molecule has 3 aromatic rings. The van der Waals surface area contributed by atoms with Crippen molar-refractivity contribution in [2.45, 2.75) is 30.8 Å². The number of aromatic nitrogens is 1. The van der Waals surface area contributed by atoms with E-state index >= 15 is 0 Å². The number of benzene rings is 2. The fourth-order valence-electron chi connectivity index (χ4n) is 3.25. The summed E-state index contributed by atoms with van der Waals surface area (Å²) < 4.78 is 47.4. The molecule has 0 amide bonds. The van der Waals surface area contributed by atoms with Crippen molar-refractivity contribution in [1.82, 2.24) is 9.29 Å². The zero-order valence-electron chi connectivity index (χ0n) is 15.1. The fraction of sp³-hybridized carbons (Fsp3) is 0.316. The summed E-state index contributed by atoms with van der Waals surface area (Å²) >= 11 is 7.28. The van der Waals surface area contributed by atoms with Crippen LogP contribution in [-0.2, 0) is 10.0 Å². The normalized spacial score (nSPS) is 16.5. The van der Waals surface area contributed by atoms with E-state index in [9.17, 15) is 12.8 Å². The van der Waals surface area contributed by atoms with E-state index in [1.54, 1.807) is 25.1 Å². The highest BCUT2D eigenvalue weighted by Crippen LogP contribution is 2.31. The summed E-state index contributed by atoms with van der Waals surface area (Å²) in [5.74, 6) is -0.308. The Morgan fingerprint density at radius 2 is 1.96 bits per heavy atom. The van der Waals surface area contributed by atoms with E-state index in [1.807, 2.05) is 0 Å². The first-order valence-corrected chi connectivity index (χ1v) is 11.5. The number of hydrogen-bond acceptors (Lipinski definition) is 5. The number of rotatable bonds is 4. The minimum absolute atomic E-state index is 0.127. The molecule has 2 aromatic carbocycles. The second kappa shape index (κ2) is 7.59. The zero-order valence-corrected chi connectivity index (χ0v) is 17.5. The summed E-state index contributed by atoms with van der Waals surface area (Å²) in [4.78, 5) is 4.61. The average molecular weight is 441 g/mol. The molecule has 0 aliphatic carbocycles. The number of sulfonamides is 1. The van der Waals surface area contributed by atoms with Crippen molar-refractivity contribution in [3.63, 3.8) is 0 Å². The van der Waals surface area contributed by atoms with E-state index in [-0.39, 0.29) is 16.8 Å². The molecule has 0 spiro atoms. The molecule has 148 valence electrons. The van der Waals surface area contributed by atoms with Crippen LogP contribution in [0.4, 0.5) is 4.39 Å². The standard InChI is InChI=1S/C19H18ClFN2O3S2/c1-12-2-3-13(20)10-18(12)28(24,25)23-8-6-15(7-9-23)26-19-22-16-5-4-14(21)11-17(16)27-19/h2-5,10-11,15H,6-9H2,1H3. The van der Waals surface area contributed by atoms with Gasteiger partial charge in [0, 0.05) is 18.1 Å². The van der Waals surface area contributed by atoms with Crippen molar-refractivity contribution >= 4 is 43.2 Å². The minimum atomic E-state index is -3.60. The van der Waals surface area contributed by atoms with E-state index in [0.29, 0.717) is 47.2 Å². The number of piperidine rings is 1. The van der Waals surface area contributed by atoms with Crippen LogP contribution in [0.25, 0.3) is 10.2 Å². The van der Waals surface area contributed by atoms with E-state index in [1.165, 1.54) is 33.8 Å². The van der Waals surface area contributed by atoms with E-state index in [2.05, 4.69) is 4.98 Å². The van der Waals surface area contributed by atoms with Gasteiger partial charge in [-0.15, -0.1) is 0 Å². The quantitative estimate of drug-likeness (QED) is 0.593. The molecular formula is C19H18ClFN2O3S2. The van der Waals surface area contributed by atoms with Crippen LogP contribution in [0.1, 0.15) is 18.4 Å². The van der Waals surface area contributed by atoms with Gasteiger partial charge in [-0.2, -0.15) is 4.31 Å². The maximum Gasteiger partial charge on any atom is 0.274 e. The van der Waals surface area contributed by atoms with E-state index in [0.717, 1.165) is 4.70 Å². The highest BCUT2D eigenvalue weighted by molar-refractivity contribution is 7.89. The van der Waals surface area contributed by atoms with Gasteiger partial charge in [-0.25, -0.2) is 17.8 Å². The predicted molar refractivity (Wildman–Crippen MR) is 108 cm³/mol. The molecule has 0 N–H and O–H groups in total. The van der Waals surface area contributed by atoms with Crippen LogP contribution in [0, 0.1) is 12.7 Å². The first-order valence-electron chi connectivity index (χ1n) is 8.82. The van der Waals surface area contributed by atoms with Crippen molar-refractivity contribution < 1.29 is 17.5 Å². The van der Waals surface area contributed by atoms with Gasteiger partial charge in [-0.05, 0) is 55.7 Å². The van der Waals surface area contributed by atoms with Gasteiger partial charge in [-0.1, -0.05) is 29.0 Å². The lowest BCUT2D eigenvalue weighted by Crippen LogP contribution is -2.41. The van der Waals surface area contributed by atoms with Gasteiger partial charge >= 0.3 is 0 Å². The summed E-state index contributed by atoms with van der Waals surface area (Å²) in [6, 6.07) is 9.31. The Morgan fingerprint density at radius 1 is 1.21 bits per heavy atom. The number of nitrogens with zero attached hydrogens (tertiary/aromatic N) is 2. The van der Waals surface area contributed by atoms with Gasteiger partial charge in [0.05, 0.1) is 15.1 Å². The highest BCUT2D eigenvalue weighted by Gasteiger charge is 2.31. The zero-order chi connectivity index (χ0) is 19.9. The number of hydrogen-bond donors (Lipinski definition) is 0. The monoisotopic (exact) mass is 440 g/mol. The topological polar surface area (TPSA) is 59.5 Å². The Bertz CT molecular complexity index is 1130. The Balaban J connectivity index is 1.44. The first kappa shape index (κ1) is 19.6. The molecule has 0 radical (unpaired) electrons. The molecular weight excluding hydrogens is 423 g/mol. The maximum absolute atomic E-state index is 13.3.